The molecule has 0 spiro atoms. The molecule has 0 bridgehead atoms. The molecular formula is C22H26N2O2. The van der Waals surface area contributed by atoms with Crippen molar-refractivity contribution in [1.29, 1.82) is 0 Å². The van der Waals surface area contributed by atoms with Gasteiger partial charge < -0.3 is 15.0 Å². The van der Waals surface area contributed by atoms with Crippen molar-refractivity contribution < 1.29 is 9.53 Å². The molecule has 4 heteroatoms. The molecule has 0 fully saturated rings. The highest BCUT2D eigenvalue weighted by Gasteiger charge is 2.16. The molecule has 0 amide bonds. The number of methoxy groups -OCH3 is 1. The predicted octanol–water partition coefficient (Wildman–Crippen LogP) is 4.53. The summed E-state index contributed by atoms with van der Waals surface area (Å²) in [7, 11) is 3.54. The summed E-state index contributed by atoms with van der Waals surface area (Å²) in [6, 6.07) is 14.0. The van der Waals surface area contributed by atoms with Crippen molar-refractivity contribution in [3.8, 4) is 0 Å². The first-order valence-corrected chi connectivity index (χ1v) is 8.94. The van der Waals surface area contributed by atoms with Crippen LogP contribution in [0.5, 0.6) is 0 Å². The van der Waals surface area contributed by atoms with E-state index in [0.29, 0.717) is 11.5 Å². The standard InChI is InChI=1S/C22H26N2O2/c1-15-13-23-20-12-19(9-10-21(20)24(3)14-15)16(2)11-17-5-7-18(8-6-17)22(25)26-4/h5-12,15,23H,13-14H2,1-4H3/b16-11+. The van der Waals surface area contributed by atoms with Gasteiger partial charge in [-0.25, -0.2) is 4.79 Å². The van der Waals surface area contributed by atoms with Crippen LogP contribution in [0.2, 0.25) is 0 Å². The van der Waals surface area contributed by atoms with Crippen LogP contribution in [0.1, 0.15) is 35.3 Å². The van der Waals surface area contributed by atoms with Gasteiger partial charge in [-0.2, -0.15) is 0 Å². The molecule has 26 heavy (non-hydrogen) atoms. The first kappa shape index (κ1) is 18.1. The van der Waals surface area contributed by atoms with E-state index in [1.54, 1.807) is 12.1 Å². The normalized spacial score (nSPS) is 17.2. The zero-order valence-electron chi connectivity index (χ0n) is 15.9. The predicted molar refractivity (Wildman–Crippen MR) is 109 cm³/mol. The van der Waals surface area contributed by atoms with Gasteiger partial charge in [0.1, 0.15) is 0 Å². The Morgan fingerprint density at radius 3 is 2.58 bits per heavy atom. The van der Waals surface area contributed by atoms with Gasteiger partial charge in [-0.1, -0.05) is 31.2 Å². The average molecular weight is 350 g/mol. The highest BCUT2D eigenvalue weighted by molar-refractivity contribution is 5.90. The maximum Gasteiger partial charge on any atom is 0.337 e. The van der Waals surface area contributed by atoms with Crippen LogP contribution in [0.15, 0.2) is 42.5 Å². The molecule has 1 unspecified atom stereocenters. The van der Waals surface area contributed by atoms with Crippen molar-refractivity contribution in [3.63, 3.8) is 0 Å². The van der Waals surface area contributed by atoms with Gasteiger partial charge in [0.25, 0.3) is 0 Å². The van der Waals surface area contributed by atoms with E-state index in [1.165, 1.54) is 29.6 Å². The molecule has 0 saturated heterocycles. The zero-order valence-corrected chi connectivity index (χ0v) is 15.9. The van der Waals surface area contributed by atoms with E-state index in [4.69, 9.17) is 4.74 Å². The molecule has 0 radical (unpaired) electrons. The fraction of sp³-hybridized carbons (Fsp3) is 0.318. The number of ether oxygens (including phenoxy) is 1. The summed E-state index contributed by atoms with van der Waals surface area (Å²) in [5.41, 5.74) is 6.42. The highest BCUT2D eigenvalue weighted by atomic mass is 16.5. The number of rotatable bonds is 3. The lowest BCUT2D eigenvalue weighted by atomic mass is 10.0. The summed E-state index contributed by atoms with van der Waals surface area (Å²) in [5.74, 6) is 0.299. The largest absolute Gasteiger partial charge is 0.465 e. The number of allylic oxidation sites excluding steroid dienone is 1. The molecule has 0 saturated carbocycles. The number of benzene rings is 2. The Morgan fingerprint density at radius 2 is 1.88 bits per heavy atom. The van der Waals surface area contributed by atoms with Crippen molar-refractivity contribution in [3.05, 3.63) is 59.2 Å². The van der Waals surface area contributed by atoms with Gasteiger partial charge >= 0.3 is 5.97 Å². The molecule has 2 aromatic carbocycles. The summed E-state index contributed by atoms with van der Waals surface area (Å²) in [6.45, 7) is 6.41. The first-order valence-electron chi connectivity index (χ1n) is 8.94. The van der Waals surface area contributed by atoms with E-state index >= 15 is 0 Å². The molecule has 4 nitrogen and oxygen atoms in total. The van der Waals surface area contributed by atoms with Crippen molar-refractivity contribution in [2.24, 2.45) is 5.92 Å². The lowest BCUT2D eigenvalue weighted by Crippen LogP contribution is -2.23. The molecule has 136 valence electrons. The fourth-order valence-electron chi connectivity index (χ4n) is 3.34. The molecule has 2 aromatic rings. The van der Waals surface area contributed by atoms with E-state index in [2.05, 4.69) is 55.4 Å². The summed E-state index contributed by atoms with van der Waals surface area (Å²) in [4.78, 5) is 13.8. The van der Waals surface area contributed by atoms with E-state index in [1.807, 2.05) is 12.1 Å². The van der Waals surface area contributed by atoms with Gasteiger partial charge in [-0.3, -0.25) is 0 Å². The van der Waals surface area contributed by atoms with Gasteiger partial charge in [0, 0.05) is 20.1 Å². The van der Waals surface area contributed by atoms with Crippen LogP contribution in [0.4, 0.5) is 11.4 Å². The second-order valence-electron chi connectivity index (χ2n) is 7.04. The van der Waals surface area contributed by atoms with Crippen LogP contribution in [0.3, 0.4) is 0 Å². The Kier molecular flexibility index (Phi) is 5.31. The molecule has 1 N–H and O–H groups in total. The third kappa shape index (κ3) is 3.90. The summed E-state index contributed by atoms with van der Waals surface area (Å²) in [5, 5.41) is 3.57. The third-order valence-electron chi connectivity index (χ3n) is 4.80. The van der Waals surface area contributed by atoms with E-state index in [-0.39, 0.29) is 5.97 Å². The Morgan fingerprint density at radius 1 is 1.19 bits per heavy atom. The van der Waals surface area contributed by atoms with Gasteiger partial charge in [0.05, 0.1) is 24.0 Å². The molecule has 1 aliphatic heterocycles. The van der Waals surface area contributed by atoms with E-state index in [0.717, 1.165) is 18.7 Å². The molecule has 3 rings (SSSR count). The molecule has 1 heterocycles. The number of nitrogens with one attached hydrogen (secondary N) is 1. The minimum atomic E-state index is -0.313. The van der Waals surface area contributed by atoms with Crippen LogP contribution in [-0.2, 0) is 4.74 Å². The average Bonchev–Trinajstić information content (AvgIpc) is 2.79. The molecule has 0 aliphatic carbocycles. The quantitative estimate of drug-likeness (QED) is 0.652. The minimum absolute atomic E-state index is 0.313. The smallest absolute Gasteiger partial charge is 0.337 e. The molecule has 1 atom stereocenters. The summed E-state index contributed by atoms with van der Waals surface area (Å²) < 4.78 is 4.74. The summed E-state index contributed by atoms with van der Waals surface area (Å²) >= 11 is 0. The lowest BCUT2D eigenvalue weighted by Gasteiger charge is -2.21. The number of nitrogens with zero attached hydrogens (tertiary/aromatic N) is 1. The Balaban J connectivity index is 1.85. The van der Waals surface area contributed by atoms with Gasteiger partial charge in [-0.15, -0.1) is 0 Å². The zero-order chi connectivity index (χ0) is 18.7. The fourth-order valence-corrected chi connectivity index (χ4v) is 3.34. The van der Waals surface area contributed by atoms with Crippen molar-refractivity contribution >= 4 is 29.0 Å². The number of fused-ring (bicyclic) bond motifs is 1. The number of carbonyl (C=O) groups excluding carboxylic acids is 1. The van der Waals surface area contributed by atoms with Crippen LogP contribution in [0, 0.1) is 5.92 Å². The van der Waals surface area contributed by atoms with Gasteiger partial charge in [0.2, 0.25) is 0 Å². The number of hydrogen-bond donors (Lipinski definition) is 1. The van der Waals surface area contributed by atoms with E-state index in [9.17, 15) is 4.79 Å². The number of anilines is 2. The molecule has 0 aromatic heterocycles. The Bertz CT molecular complexity index is 825. The lowest BCUT2D eigenvalue weighted by molar-refractivity contribution is 0.0600. The van der Waals surface area contributed by atoms with Crippen molar-refractivity contribution in [2.45, 2.75) is 13.8 Å². The third-order valence-corrected chi connectivity index (χ3v) is 4.80. The van der Waals surface area contributed by atoms with Crippen molar-refractivity contribution in [1.82, 2.24) is 0 Å². The van der Waals surface area contributed by atoms with Crippen LogP contribution >= 0.6 is 0 Å². The number of carbonyl (C=O) groups is 1. The number of hydrogen-bond acceptors (Lipinski definition) is 4. The van der Waals surface area contributed by atoms with Crippen LogP contribution < -0.4 is 10.2 Å². The first-order chi connectivity index (χ1) is 12.5. The maximum atomic E-state index is 11.5. The topological polar surface area (TPSA) is 41.6 Å². The highest BCUT2D eigenvalue weighted by Crippen LogP contribution is 2.32. The SMILES string of the molecule is COC(=O)c1ccc(/C=C(\C)c2ccc3c(c2)NCC(C)CN3C)cc1. The summed E-state index contributed by atoms with van der Waals surface area (Å²) in [6.07, 6.45) is 2.13. The van der Waals surface area contributed by atoms with Gasteiger partial charge in [-0.05, 0) is 53.8 Å². The molecule has 1 aliphatic rings. The minimum Gasteiger partial charge on any atom is -0.465 e. The van der Waals surface area contributed by atoms with Crippen molar-refractivity contribution in [2.75, 3.05) is 37.5 Å². The second-order valence-corrected chi connectivity index (χ2v) is 7.04. The molecular weight excluding hydrogens is 324 g/mol. The number of esters is 1. The second kappa shape index (κ2) is 7.65. The van der Waals surface area contributed by atoms with Crippen LogP contribution in [-0.4, -0.2) is 33.2 Å². The monoisotopic (exact) mass is 350 g/mol. The van der Waals surface area contributed by atoms with E-state index < -0.39 is 0 Å². The maximum absolute atomic E-state index is 11.5. The Hall–Kier alpha value is -2.75. The Labute approximate surface area is 155 Å². The van der Waals surface area contributed by atoms with Gasteiger partial charge in [0.15, 0.2) is 0 Å². The van der Waals surface area contributed by atoms with Crippen LogP contribution in [0.25, 0.3) is 11.6 Å².